The molecule has 4 nitrogen and oxygen atoms in total. The molecule has 1 aliphatic rings. The first kappa shape index (κ1) is 12.6. The van der Waals surface area contributed by atoms with Gasteiger partial charge < -0.3 is 15.5 Å². The van der Waals surface area contributed by atoms with Crippen LogP contribution in [0.2, 0.25) is 0 Å². The molecule has 4 heteroatoms. The molecule has 2 rings (SSSR count). The van der Waals surface area contributed by atoms with E-state index in [0.29, 0.717) is 12.0 Å². The van der Waals surface area contributed by atoms with Crippen LogP contribution in [0, 0.1) is 5.41 Å². The Labute approximate surface area is 103 Å². The van der Waals surface area contributed by atoms with Gasteiger partial charge in [-0.25, -0.2) is 4.98 Å². The molecule has 17 heavy (non-hydrogen) atoms. The van der Waals surface area contributed by atoms with Gasteiger partial charge in [-0.15, -0.1) is 0 Å². The summed E-state index contributed by atoms with van der Waals surface area (Å²) in [6.07, 6.45) is 6.19. The van der Waals surface area contributed by atoms with Gasteiger partial charge in [-0.05, 0) is 31.1 Å². The fraction of sp³-hybridized carbons (Fsp3) is 0.769. The lowest BCUT2D eigenvalue weighted by Crippen LogP contribution is -2.37. The summed E-state index contributed by atoms with van der Waals surface area (Å²) in [6.45, 7) is 5.14. The fourth-order valence-electron chi connectivity index (χ4n) is 2.56. The molecule has 1 heterocycles. The number of rotatable bonds is 3. The molecule has 0 spiro atoms. The summed E-state index contributed by atoms with van der Waals surface area (Å²) in [6, 6.07) is 0. The molecule has 0 bridgehead atoms. The number of hydrogen-bond acceptors (Lipinski definition) is 3. The molecule has 0 aromatic carbocycles. The molecule has 0 aliphatic heterocycles. The first-order valence-corrected chi connectivity index (χ1v) is 6.31. The SMILES string of the molecule is COC1(c2ncc(CN)[nH]2)CCC(C)(C)CC1. The summed E-state index contributed by atoms with van der Waals surface area (Å²) in [5.74, 6) is 0.941. The van der Waals surface area contributed by atoms with Gasteiger partial charge in [0, 0.05) is 25.5 Å². The van der Waals surface area contributed by atoms with Crippen LogP contribution in [0.4, 0.5) is 0 Å². The molecule has 1 aliphatic carbocycles. The maximum Gasteiger partial charge on any atom is 0.138 e. The quantitative estimate of drug-likeness (QED) is 0.848. The van der Waals surface area contributed by atoms with Gasteiger partial charge in [0.05, 0.1) is 0 Å². The Morgan fingerprint density at radius 3 is 2.47 bits per heavy atom. The van der Waals surface area contributed by atoms with Crippen LogP contribution in [-0.2, 0) is 16.9 Å². The Kier molecular flexibility index (Phi) is 3.27. The monoisotopic (exact) mass is 237 g/mol. The molecule has 3 N–H and O–H groups in total. The minimum atomic E-state index is -0.233. The zero-order valence-electron chi connectivity index (χ0n) is 11.0. The maximum atomic E-state index is 5.78. The molecule has 0 atom stereocenters. The number of methoxy groups -OCH3 is 1. The predicted molar refractivity (Wildman–Crippen MR) is 67.4 cm³/mol. The molecule has 0 amide bonds. The zero-order valence-corrected chi connectivity index (χ0v) is 11.0. The van der Waals surface area contributed by atoms with Crippen LogP contribution in [0.15, 0.2) is 6.20 Å². The lowest BCUT2D eigenvalue weighted by molar-refractivity contribution is -0.0724. The van der Waals surface area contributed by atoms with Gasteiger partial charge in [0.15, 0.2) is 0 Å². The van der Waals surface area contributed by atoms with E-state index in [0.717, 1.165) is 24.4 Å². The van der Waals surface area contributed by atoms with E-state index in [1.165, 1.54) is 12.8 Å². The van der Waals surface area contributed by atoms with E-state index in [1.54, 1.807) is 7.11 Å². The second kappa shape index (κ2) is 4.42. The van der Waals surface area contributed by atoms with Crippen molar-refractivity contribution < 1.29 is 4.74 Å². The Hall–Kier alpha value is -0.870. The predicted octanol–water partition coefficient (Wildman–Crippen LogP) is 2.31. The number of hydrogen-bond donors (Lipinski definition) is 2. The summed E-state index contributed by atoms with van der Waals surface area (Å²) in [7, 11) is 1.78. The molecule has 96 valence electrons. The Balaban J connectivity index is 2.21. The number of ether oxygens (including phenoxy) is 1. The number of nitrogens with two attached hydrogens (primary N) is 1. The van der Waals surface area contributed by atoms with Crippen LogP contribution in [0.3, 0.4) is 0 Å². The van der Waals surface area contributed by atoms with Gasteiger partial charge in [0.1, 0.15) is 11.4 Å². The van der Waals surface area contributed by atoms with Crippen molar-refractivity contribution >= 4 is 0 Å². The lowest BCUT2D eigenvalue weighted by Gasteiger charge is -2.41. The van der Waals surface area contributed by atoms with Crippen LogP contribution in [-0.4, -0.2) is 17.1 Å². The molecule has 1 saturated carbocycles. The van der Waals surface area contributed by atoms with Crippen molar-refractivity contribution in [1.29, 1.82) is 0 Å². The Morgan fingerprint density at radius 1 is 1.35 bits per heavy atom. The van der Waals surface area contributed by atoms with Gasteiger partial charge in [0.25, 0.3) is 0 Å². The third-order valence-electron chi connectivity index (χ3n) is 4.08. The van der Waals surface area contributed by atoms with Gasteiger partial charge in [-0.3, -0.25) is 0 Å². The van der Waals surface area contributed by atoms with Gasteiger partial charge in [0.2, 0.25) is 0 Å². The highest BCUT2D eigenvalue weighted by atomic mass is 16.5. The van der Waals surface area contributed by atoms with Gasteiger partial charge in [-0.1, -0.05) is 13.8 Å². The number of imidazole rings is 1. The molecular weight excluding hydrogens is 214 g/mol. The highest BCUT2D eigenvalue weighted by Crippen LogP contribution is 2.46. The minimum Gasteiger partial charge on any atom is -0.370 e. The first-order chi connectivity index (χ1) is 8.01. The summed E-state index contributed by atoms with van der Waals surface area (Å²) >= 11 is 0. The molecule has 0 saturated heterocycles. The van der Waals surface area contributed by atoms with E-state index >= 15 is 0 Å². The van der Waals surface area contributed by atoms with E-state index in [9.17, 15) is 0 Å². The van der Waals surface area contributed by atoms with E-state index < -0.39 is 0 Å². The second-order valence-electron chi connectivity index (χ2n) is 5.82. The minimum absolute atomic E-state index is 0.233. The average Bonchev–Trinajstić information content (AvgIpc) is 2.79. The summed E-state index contributed by atoms with van der Waals surface area (Å²) < 4.78 is 5.78. The highest BCUT2D eigenvalue weighted by molar-refractivity contribution is 5.10. The van der Waals surface area contributed by atoms with Crippen molar-refractivity contribution in [3.8, 4) is 0 Å². The number of aromatic nitrogens is 2. The van der Waals surface area contributed by atoms with Crippen molar-refractivity contribution in [1.82, 2.24) is 9.97 Å². The van der Waals surface area contributed by atoms with E-state index in [1.807, 2.05) is 6.20 Å². The standard InChI is InChI=1S/C13H23N3O/c1-12(2)4-6-13(17-3,7-5-12)11-15-9-10(8-14)16-11/h9H,4-8,14H2,1-3H3,(H,15,16). The van der Waals surface area contributed by atoms with Crippen molar-refractivity contribution in [2.75, 3.05) is 7.11 Å². The summed E-state index contributed by atoms with van der Waals surface area (Å²) in [5.41, 5.74) is 6.77. The number of nitrogens with zero attached hydrogens (tertiary/aromatic N) is 1. The van der Waals surface area contributed by atoms with Crippen molar-refractivity contribution in [2.45, 2.75) is 51.7 Å². The molecule has 0 unspecified atom stereocenters. The largest absolute Gasteiger partial charge is 0.370 e. The van der Waals surface area contributed by atoms with E-state index in [2.05, 4.69) is 23.8 Å². The Morgan fingerprint density at radius 2 is 2.00 bits per heavy atom. The normalized spacial score (nSPS) is 22.6. The van der Waals surface area contributed by atoms with E-state index in [-0.39, 0.29) is 5.60 Å². The molecule has 1 aromatic heterocycles. The molecular formula is C13H23N3O. The van der Waals surface area contributed by atoms with Gasteiger partial charge in [-0.2, -0.15) is 0 Å². The summed E-state index contributed by atoms with van der Waals surface area (Å²) in [5, 5.41) is 0. The van der Waals surface area contributed by atoms with Crippen LogP contribution >= 0.6 is 0 Å². The third-order valence-corrected chi connectivity index (χ3v) is 4.08. The van der Waals surface area contributed by atoms with Crippen molar-refractivity contribution in [3.05, 3.63) is 17.7 Å². The fourth-order valence-corrected chi connectivity index (χ4v) is 2.56. The van der Waals surface area contributed by atoms with Gasteiger partial charge >= 0.3 is 0 Å². The molecule has 1 fully saturated rings. The van der Waals surface area contributed by atoms with Crippen LogP contribution < -0.4 is 5.73 Å². The molecule has 0 radical (unpaired) electrons. The second-order valence-corrected chi connectivity index (χ2v) is 5.82. The molecule has 1 aromatic rings. The number of aromatic amines is 1. The topological polar surface area (TPSA) is 63.9 Å². The highest BCUT2D eigenvalue weighted by Gasteiger charge is 2.41. The number of H-pyrrole nitrogens is 1. The van der Waals surface area contributed by atoms with Crippen molar-refractivity contribution in [2.24, 2.45) is 11.1 Å². The third kappa shape index (κ3) is 2.38. The smallest absolute Gasteiger partial charge is 0.138 e. The van der Waals surface area contributed by atoms with Crippen LogP contribution in [0.5, 0.6) is 0 Å². The van der Waals surface area contributed by atoms with Crippen LogP contribution in [0.1, 0.15) is 51.0 Å². The maximum absolute atomic E-state index is 5.78. The Bertz CT molecular complexity index is 374. The van der Waals surface area contributed by atoms with Crippen molar-refractivity contribution in [3.63, 3.8) is 0 Å². The summed E-state index contributed by atoms with van der Waals surface area (Å²) in [4.78, 5) is 7.73. The van der Waals surface area contributed by atoms with Crippen LogP contribution in [0.25, 0.3) is 0 Å². The lowest BCUT2D eigenvalue weighted by atomic mass is 9.70. The first-order valence-electron chi connectivity index (χ1n) is 6.31. The number of nitrogens with one attached hydrogen (secondary N) is 1. The van der Waals surface area contributed by atoms with E-state index in [4.69, 9.17) is 10.5 Å². The zero-order chi connectivity index (χ0) is 12.5. The average molecular weight is 237 g/mol.